The minimum atomic E-state index is -0.190. The van der Waals surface area contributed by atoms with Gasteiger partial charge in [0.05, 0.1) is 5.69 Å². The van der Waals surface area contributed by atoms with Crippen molar-refractivity contribution in [2.75, 3.05) is 6.54 Å². The van der Waals surface area contributed by atoms with Crippen LogP contribution < -0.4 is 10.6 Å². The van der Waals surface area contributed by atoms with Crippen LogP contribution in [0, 0.1) is 5.92 Å². The Hall–Kier alpha value is -1.85. The molecule has 0 spiro atoms. The number of rotatable bonds is 6. The molecule has 1 aromatic heterocycles. The maximum atomic E-state index is 12.5. The average Bonchev–Trinajstić information content (AvgIpc) is 2.92. The standard InChI is InChI=1S/C17H28N4O2/c1-5-12(4)19-16(22)14-13-8-6-7-9-21(13)15(20-14)17(23)18-10-11(2)3/h11-12H,5-10H2,1-4H3,(H,18,23)(H,19,22). The Labute approximate surface area is 138 Å². The van der Waals surface area contributed by atoms with E-state index in [1.807, 2.05) is 32.3 Å². The predicted octanol–water partition coefficient (Wildman–Crippen LogP) is 2.13. The molecule has 2 amide bonds. The molecule has 2 rings (SSSR count). The van der Waals surface area contributed by atoms with Crippen molar-refractivity contribution in [3.8, 4) is 0 Å². The second kappa shape index (κ2) is 7.62. The first-order chi connectivity index (χ1) is 10.9. The van der Waals surface area contributed by atoms with Crippen LogP contribution in [0.15, 0.2) is 0 Å². The van der Waals surface area contributed by atoms with E-state index in [9.17, 15) is 9.59 Å². The highest BCUT2D eigenvalue weighted by Crippen LogP contribution is 2.21. The minimum absolute atomic E-state index is 0.0988. The number of carbonyl (C=O) groups excluding carboxylic acids is 2. The van der Waals surface area contributed by atoms with E-state index in [1.54, 1.807) is 0 Å². The average molecular weight is 320 g/mol. The maximum absolute atomic E-state index is 12.5. The van der Waals surface area contributed by atoms with E-state index in [0.29, 0.717) is 24.0 Å². The monoisotopic (exact) mass is 320 g/mol. The third-order valence-electron chi connectivity index (χ3n) is 4.20. The van der Waals surface area contributed by atoms with Gasteiger partial charge in [0.2, 0.25) is 0 Å². The normalized spacial score (nSPS) is 15.2. The Morgan fingerprint density at radius 3 is 2.61 bits per heavy atom. The zero-order valence-electron chi connectivity index (χ0n) is 14.6. The Kier molecular flexibility index (Phi) is 5.80. The lowest BCUT2D eigenvalue weighted by molar-refractivity contribution is 0.0932. The molecule has 0 saturated heterocycles. The first-order valence-corrected chi connectivity index (χ1v) is 8.62. The Balaban J connectivity index is 2.26. The van der Waals surface area contributed by atoms with Crippen LogP contribution in [0.5, 0.6) is 0 Å². The van der Waals surface area contributed by atoms with Crippen LogP contribution >= 0.6 is 0 Å². The highest BCUT2D eigenvalue weighted by molar-refractivity contribution is 5.97. The van der Waals surface area contributed by atoms with Gasteiger partial charge in [-0.2, -0.15) is 0 Å². The minimum Gasteiger partial charge on any atom is -0.349 e. The molecule has 6 heteroatoms. The lowest BCUT2D eigenvalue weighted by atomic mass is 10.1. The van der Waals surface area contributed by atoms with Crippen molar-refractivity contribution in [1.82, 2.24) is 20.2 Å². The van der Waals surface area contributed by atoms with Crippen LogP contribution in [0.2, 0.25) is 0 Å². The van der Waals surface area contributed by atoms with Crippen molar-refractivity contribution in [2.24, 2.45) is 5.92 Å². The van der Waals surface area contributed by atoms with Gasteiger partial charge in [0, 0.05) is 19.1 Å². The SMILES string of the molecule is CCC(C)NC(=O)c1nc(C(=O)NCC(C)C)n2c1CCCC2. The summed E-state index contributed by atoms with van der Waals surface area (Å²) in [5.74, 6) is 0.384. The van der Waals surface area contributed by atoms with Gasteiger partial charge < -0.3 is 15.2 Å². The molecule has 2 heterocycles. The number of aromatic nitrogens is 2. The summed E-state index contributed by atoms with van der Waals surface area (Å²) in [6.07, 6.45) is 3.71. The van der Waals surface area contributed by atoms with Gasteiger partial charge in [-0.05, 0) is 38.5 Å². The third-order valence-corrected chi connectivity index (χ3v) is 4.20. The second-order valence-corrected chi connectivity index (χ2v) is 6.73. The fourth-order valence-electron chi connectivity index (χ4n) is 2.67. The zero-order valence-corrected chi connectivity index (χ0v) is 14.6. The topological polar surface area (TPSA) is 76.0 Å². The van der Waals surface area contributed by atoms with Gasteiger partial charge in [-0.1, -0.05) is 20.8 Å². The van der Waals surface area contributed by atoms with Crippen LogP contribution in [0.4, 0.5) is 0 Å². The van der Waals surface area contributed by atoms with Crippen molar-refractivity contribution in [1.29, 1.82) is 0 Å². The predicted molar refractivity (Wildman–Crippen MR) is 89.6 cm³/mol. The van der Waals surface area contributed by atoms with Gasteiger partial charge in [0.15, 0.2) is 5.82 Å². The lowest BCUT2D eigenvalue weighted by Gasteiger charge is -2.17. The van der Waals surface area contributed by atoms with Crippen molar-refractivity contribution < 1.29 is 9.59 Å². The van der Waals surface area contributed by atoms with Crippen LogP contribution in [0.1, 0.15) is 73.8 Å². The summed E-state index contributed by atoms with van der Waals surface area (Å²) < 4.78 is 1.92. The van der Waals surface area contributed by atoms with Crippen LogP contribution in [-0.2, 0) is 13.0 Å². The van der Waals surface area contributed by atoms with Gasteiger partial charge in [0.1, 0.15) is 5.69 Å². The van der Waals surface area contributed by atoms with Gasteiger partial charge in [0.25, 0.3) is 11.8 Å². The molecule has 2 N–H and O–H groups in total. The third kappa shape index (κ3) is 4.12. The molecule has 6 nitrogen and oxygen atoms in total. The number of amides is 2. The Morgan fingerprint density at radius 1 is 1.22 bits per heavy atom. The number of hydrogen-bond acceptors (Lipinski definition) is 3. The summed E-state index contributed by atoms with van der Waals surface area (Å²) in [5, 5.41) is 5.85. The van der Waals surface area contributed by atoms with E-state index in [-0.39, 0.29) is 17.9 Å². The van der Waals surface area contributed by atoms with E-state index in [1.165, 1.54) is 0 Å². The van der Waals surface area contributed by atoms with Crippen LogP contribution in [-0.4, -0.2) is 34.0 Å². The molecule has 0 aromatic carbocycles. The second-order valence-electron chi connectivity index (χ2n) is 6.73. The van der Waals surface area contributed by atoms with Crippen LogP contribution in [0.3, 0.4) is 0 Å². The van der Waals surface area contributed by atoms with Gasteiger partial charge in [-0.3, -0.25) is 9.59 Å². The molecular formula is C17H28N4O2. The molecule has 128 valence electrons. The van der Waals surface area contributed by atoms with Crippen molar-refractivity contribution in [3.63, 3.8) is 0 Å². The van der Waals surface area contributed by atoms with Crippen molar-refractivity contribution >= 4 is 11.8 Å². The highest BCUT2D eigenvalue weighted by atomic mass is 16.2. The molecule has 23 heavy (non-hydrogen) atoms. The summed E-state index contributed by atoms with van der Waals surface area (Å²) in [5.41, 5.74) is 1.31. The van der Waals surface area contributed by atoms with Gasteiger partial charge in [-0.15, -0.1) is 0 Å². The number of hydrogen-bond donors (Lipinski definition) is 2. The lowest BCUT2D eigenvalue weighted by Crippen LogP contribution is -2.33. The van der Waals surface area contributed by atoms with Crippen molar-refractivity contribution in [3.05, 3.63) is 17.2 Å². The number of imidazole rings is 1. The molecule has 0 bridgehead atoms. The molecule has 0 radical (unpaired) electrons. The quantitative estimate of drug-likeness (QED) is 0.843. The first-order valence-electron chi connectivity index (χ1n) is 8.62. The molecule has 1 atom stereocenters. The van der Waals surface area contributed by atoms with Crippen LogP contribution in [0.25, 0.3) is 0 Å². The van der Waals surface area contributed by atoms with Gasteiger partial charge in [-0.25, -0.2) is 4.98 Å². The molecule has 0 fully saturated rings. The Morgan fingerprint density at radius 2 is 1.96 bits per heavy atom. The number of carbonyl (C=O) groups is 2. The van der Waals surface area contributed by atoms with E-state index in [2.05, 4.69) is 15.6 Å². The fraction of sp³-hybridized carbons (Fsp3) is 0.706. The van der Waals surface area contributed by atoms with Crippen molar-refractivity contribution in [2.45, 2.75) is 66.0 Å². The summed E-state index contributed by atoms with van der Waals surface area (Å²) in [6.45, 7) is 9.45. The Bertz CT molecular complexity index is 577. The number of fused-ring (bicyclic) bond motifs is 1. The van der Waals surface area contributed by atoms with E-state index in [4.69, 9.17) is 0 Å². The molecule has 0 aliphatic carbocycles. The molecular weight excluding hydrogens is 292 g/mol. The molecule has 1 aromatic rings. The maximum Gasteiger partial charge on any atom is 0.287 e. The number of nitrogens with zero attached hydrogens (tertiary/aromatic N) is 2. The largest absolute Gasteiger partial charge is 0.349 e. The first kappa shape index (κ1) is 17.5. The zero-order chi connectivity index (χ0) is 17.0. The summed E-state index contributed by atoms with van der Waals surface area (Å²) in [7, 11) is 0. The summed E-state index contributed by atoms with van der Waals surface area (Å²) in [6, 6.07) is 0.0988. The fourth-order valence-corrected chi connectivity index (χ4v) is 2.67. The molecule has 1 aliphatic rings. The molecule has 0 saturated carbocycles. The molecule has 1 aliphatic heterocycles. The van der Waals surface area contributed by atoms with E-state index >= 15 is 0 Å². The van der Waals surface area contributed by atoms with E-state index in [0.717, 1.165) is 37.9 Å². The molecule has 1 unspecified atom stereocenters. The smallest absolute Gasteiger partial charge is 0.287 e. The van der Waals surface area contributed by atoms with Gasteiger partial charge >= 0.3 is 0 Å². The number of nitrogens with one attached hydrogen (secondary N) is 2. The summed E-state index contributed by atoms with van der Waals surface area (Å²) in [4.78, 5) is 29.3. The summed E-state index contributed by atoms with van der Waals surface area (Å²) >= 11 is 0. The van der Waals surface area contributed by atoms with E-state index < -0.39 is 0 Å². The highest BCUT2D eigenvalue weighted by Gasteiger charge is 2.27.